The largest absolute Gasteiger partial charge is 0.399 e. The Hall–Kier alpha value is -2.29. The van der Waals surface area contributed by atoms with Crippen molar-refractivity contribution < 1.29 is 4.79 Å². The number of nitrogens with two attached hydrogens (primary N) is 1. The number of carbonyl (C=O) groups excluding carboxylic acids is 1. The van der Waals surface area contributed by atoms with Gasteiger partial charge in [-0.3, -0.25) is 4.79 Å². The average molecular weight is 282 g/mol. The van der Waals surface area contributed by atoms with E-state index in [9.17, 15) is 4.79 Å². The fraction of sp³-hybridized carbons (Fsp3) is 0.278. The third-order valence-corrected chi connectivity index (χ3v) is 3.53. The van der Waals surface area contributed by atoms with Crippen LogP contribution in [0.3, 0.4) is 0 Å². The van der Waals surface area contributed by atoms with Crippen molar-refractivity contribution in [3.63, 3.8) is 0 Å². The average Bonchev–Trinajstić information content (AvgIpc) is 2.46. The number of likely N-dealkylation sites (N-methyl/N-ethyl adjacent to an activating group) is 1. The monoisotopic (exact) mass is 282 g/mol. The molecule has 0 aliphatic carbocycles. The molecule has 3 nitrogen and oxygen atoms in total. The van der Waals surface area contributed by atoms with Gasteiger partial charge in [-0.15, -0.1) is 0 Å². The minimum absolute atomic E-state index is 0.153. The maximum atomic E-state index is 12.4. The van der Waals surface area contributed by atoms with Crippen molar-refractivity contribution in [3.8, 4) is 0 Å². The van der Waals surface area contributed by atoms with Crippen LogP contribution >= 0.6 is 0 Å². The zero-order chi connectivity index (χ0) is 15.2. The van der Waals surface area contributed by atoms with Crippen LogP contribution in [0.15, 0.2) is 48.5 Å². The van der Waals surface area contributed by atoms with Gasteiger partial charge in [-0.05, 0) is 37.1 Å². The number of nitrogens with zero attached hydrogens (tertiary/aromatic N) is 1. The van der Waals surface area contributed by atoms with Crippen molar-refractivity contribution in [2.75, 3.05) is 12.3 Å². The van der Waals surface area contributed by atoms with E-state index in [1.807, 2.05) is 61.2 Å². The van der Waals surface area contributed by atoms with Crippen LogP contribution in [0.1, 0.15) is 23.6 Å². The summed E-state index contributed by atoms with van der Waals surface area (Å²) in [4.78, 5) is 14.3. The van der Waals surface area contributed by atoms with Gasteiger partial charge >= 0.3 is 0 Å². The molecule has 110 valence electrons. The van der Waals surface area contributed by atoms with Gasteiger partial charge < -0.3 is 10.6 Å². The molecule has 0 unspecified atom stereocenters. The van der Waals surface area contributed by atoms with Gasteiger partial charge in [-0.1, -0.05) is 42.0 Å². The summed E-state index contributed by atoms with van der Waals surface area (Å²) in [6.45, 7) is 5.38. The van der Waals surface area contributed by atoms with Crippen LogP contribution in [0, 0.1) is 6.92 Å². The predicted octanol–water partition coefficient (Wildman–Crippen LogP) is 3.17. The standard InChI is InChI=1S/C18H22N2O/c1-3-20(13-15-7-9-17(19)10-8-15)18(21)12-16-6-4-5-14(2)11-16/h4-11H,3,12-13,19H2,1-2H3. The van der Waals surface area contributed by atoms with Crippen LogP contribution in [0.25, 0.3) is 0 Å². The molecule has 0 aliphatic heterocycles. The maximum Gasteiger partial charge on any atom is 0.227 e. The highest BCUT2D eigenvalue weighted by Crippen LogP contribution is 2.11. The molecule has 0 saturated heterocycles. The first kappa shape index (κ1) is 15.1. The molecule has 2 N–H and O–H groups in total. The van der Waals surface area contributed by atoms with Crippen LogP contribution in [-0.4, -0.2) is 17.4 Å². The molecule has 0 saturated carbocycles. The lowest BCUT2D eigenvalue weighted by molar-refractivity contribution is -0.130. The zero-order valence-corrected chi connectivity index (χ0v) is 12.7. The molecule has 1 amide bonds. The molecule has 0 aliphatic rings. The van der Waals surface area contributed by atoms with E-state index in [2.05, 4.69) is 6.07 Å². The molecular formula is C18H22N2O. The highest BCUT2D eigenvalue weighted by atomic mass is 16.2. The molecule has 3 heteroatoms. The lowest BCUT2D eigenvalue weighted by atomic mass is 10.1. The van der Waals surface area contributed by atoms with Gasteiger partial charge in [0.25, 0.3) is 0 Å². The first-order valence-electron chi connectivity index (χ1n) is 7.26. The van der Waals surface area contributed by atoms with Crippen LogP contribution in [0.4, 0.5) is 5.69 Å². The Bertz CT molecular complexity index is 605. The Morgan fingerprint density at radius 1 is 1.10 bits per heavy atom. The van der Waals surface area contributed by atoms with Crippen molar-refractivity contribution in [2.45, 2.75) is 26.8 Å². The summed E-state index contributed by atoms with van der Waals surface area (Å²) in [6, 6.07) is 15.8. The smallest absolute Gasteiger partial charge is 0.227 e. The van der Waals surface area contributed by atoms with Crippen LogP contribution in [0.5, 0.6) is 0 Å². The summed E-state index contributed by atoms with van der Waals surface area (Å²) in [7, 11) is 0. The number of carbonyl (C=O) groups is 1. The summed E-state index contributed by atoms with van der Waals surface area (Å²) >= 11 is 0. The third kappa shape index (κ3) is 4.35. The summed E-state index contributed by atoms with van der Waals surface area (Å²) in [5.41, 5.74) is 9.78. The second-order valence-corrected chi connectivity index (χ2v) is 5.32. The van der Waals surface area contributed by atoms with Gasteiger partial charge in [0.1, 0.15) is 0 Å². The summed E-state index contributed by atoms with van der Waals surface area (Å²) in [5.74, 6) is 0.153. The lowest BCUT2D eigenvalue weighted by Crippen LogP contribution is -2.31. The number of amides is 1. The van der Waals surface area contributed by atoms with Crippen LogP contribution in [-0.2, 0) is 17.8 Å². The van der Waals surface area contributed by atoms with E-state index < -0.39 is 0 Å². The van der Waals surface area contributed by atoms with E-state index in [4.69, 9.17) is 5.73 Å². The van der Waals surface area contributed by atoms with Gasteiger partial charge in [-0.2, -0.15) is 0 Å². The van der Waals surface area contributed by atoms with E-state index in [0.717, 1.165) is 16.8 Å². The van der Waals surface area contributed by atoms with Crippen molar-refractivity contribution in [3.05, 3.63) is 65.2 Å². The van der Waals surface area contributed by atoms with Crippen molar-refractivity contribution in [1.29, 1.82) is 0 Å². The lowest BCUT2D eigenvalue weighted by Gasteiger charge is -2.21. The minimum Gasteiger partial charge on any atom is -0.399 e. The normalized spacial score (nSPS) is 10.4. The molecule has 2 aromatic carbocycles. The Kier molecular flexibility index (Phi) is 4.99. The molecule has 0 fully saturated rings. The van der Waals surface area contributed by atoms with E-state index in [-0.39, 0.29) is 5.91 Å². The SMILES string of the molecule is CCN(Cc1ccc(N)cc1)C(=O)Cc1cccc(C)c1. The molecule has 0 spiro atoms. The zero-order valence-electron chi connectivity index (χ0n) is 12.7. The summed E-state index contributed by atoms with van der Waals surface area (Å²) in [5, 5.41) is 0. The van der Waals surface area contributed by atoms with Crippen molar-refractivity contribution in [1.82, 2.24) is 4.90 Å². The topological polar surface area (TPSA) is 46.3 Å². The Morgan fingerprint density at radius 3 is 2.43 bits per heavy atom. The fourth-order valence-electron chi connectivity index (χ4n) is 2.33. The third-order valence-electron chi connectivity index (χ3n) is 3.53. The van der Waals surface area contributed by atoms with Gasteiger partial charge in [0.2, 0.25) is 5.91 Å². The molecule has 2 aromatic rings. The highest BCUT2D eigenvalue weighted by Gasteiger charge is 2.12. The minimum atomic E-state index is 0.153. The molecule has 0 aromatic heterocycles. The van der Waals surface area contributed by atoms with Gasteiger partial charge in [-0.25, -0.2) is 0 Å². The highest BCUT2D eigenvalue weighted by molar-refractivity contribution is 5.78. The Morgan fingerprint density at radius 2 is 1.81 bits per heavy atom. The number of nitrogen functional groups attached to an aromatic ring is 1. The molecule has 21 heavy (non-hydrogen) atoms. The molecular weight excluding hydrogens is 260 g/mol. The first-order chi connectivity index (χ1) is 10.1. The van der Waals surface area contributed by atoms with Crippen LogP contribution in [0.2, 0.25) is 0 Å². The Labute approximate surface area is 126 Å². The van der Waals surface area contributed by atoms with E-state index >= 15 is 0 Å². The van der Waals surface area contributed by atoms with Gasteiger partial charge in [0, 0.05) is 18.8 Å². The number of rotatable bonds is 5. The van der Waals surface area contributed by atoms with Crippen molar-refractivity contribution >= 4 is 11.6 Å². The number of benzene rings is 2. The molecule has 0 heterocycles. The number of hydrogen-bond donors (Lipinski definition) is 1. The van der Waals surface area contributed by atoms with Crippen LogP contribution < -0.4 is 5.73 Å². The summed E-state index contributed by atoms with van der Waals surface area (Å²) in [6.07, 6.45) is 0.449. The molecule has 0 radical (unpaired) electrons. The molecule has 2 rings (SSSR count). The van der Waals surface area contributed by atoms with Gasteiger partial charge in [0.15, 0.2) is 0 Å². The van der Waals surface area contributed by atoms with E-state index in [1.165, 1.54) is 5.56 Å². The fourth-order valence-corrected chi connectivity index (χ4v) is 2.33. The second kappa shape index (κ2) is 6.93. The number of anilines is 1. The maximum absolute atomic E-state index is 12.4. The predicted molar refractivity (Wildman–Crippen MR) is 86.8 cm³/mol. The van der Waals surface area contributed by atoms with E-state index in [1.54, 1.807) is 0 Å². The van der Waals surface area contributed by atoms with E-state index in [0.29, 0.717) is 19.5 Å². The Balaban J connectivity index is 2.03. The molecule has 0 bridgehead atoms. The first-order valence-corrected chi connectivity index (χ1v) is 7.26. The van der Waals surface area contributed by atoms with Crippen molar-refractivity contribution in [2.24, 2.45) is 0 Å². The second-order valence-electron chi connectivity index (χ2n) is 5.32. The van der Waals surface area contributed by atoms with Gasteiger partial charge in [0.05, 0.1) is 6.42 Å². The quantitative estimate of drug-likeness (QED) is 0.856. The number of hydrogen-bond acceptors (Lipinski definition) is 2. The summed E-state index contributed by atoms with van der Waals surface area (Å²) < 4.78 is 0. The number of aryl methyl sites for hydroxylation is 1. The molecule has 0 atom stereocenters.